The Balaban J connectivity index is 0. The van der Waals surface area contributed by atoms with Crippen LogP contribution in [-0.2, 0) is 0 Å². The molecular formula is C12H30N2. The summed E-state index contributed by atoms with van der Waals surface area (Å²) in [4.78, 5) is 2.38. The van der Waals surface area contributed by atoms with Gasteiger partial charge in [0.1, 0.15) is 0 Å². The lowest BCUT2D eigenvalue weighted by atomic mass is 10.1. The molecular weight excluding hydrogens is 172 g/mol. The van der Waals surface area contributed by atoms with Crippen molar-refractivity contribution >= 4 is 0 Å². The van der Waals surface area contributed by atoms with Crippen molar-refractivity contribution in [2.24, 2.45) is 0 Å². The minimum atomic E-state index is 0.779. The largest absolute Gasteiger partial charge is 0.317 e. The molecule has 1 aliphatic heterocycles. The highest BCUT2D eigenvalue weighted by atomic mass is 15.1. The first-order chi connectivity index (χ1) is 6.74. The van der Waals surface area contributed by atoms with Gasteiger partial charge in [-0.1, -0.05) is 34.1 Å². The summed E-state index contributed by atoms with van der Waals surface area (Å²) in [5.41, 5.74) is 0. The van der Waals surface area contributed by atoms with Crippen LogP contribution in [0.1, 0.15) is 47.0 Å². The molecule has 0 atom stereocenters. The second-order valence-corrected chi connectivity index (χ2v) is 3.57. The van der Waals surface area contributed by atoms with Gasteiger partial charge in [-0.25, -0.2) is 0 Å². The third kappa shape index (κ3) is 10.0. The summed E-state index contributed by atoms with van der Waals surface area (Å²) in [5.74, 6) is 0. The SMILES string of the molecule is CC.CCC.CNC1CCN(C)CC1. The first kappa shape index (κ1) is 16.4. The van der Waals surface area contributed by atoms with Gasteiger partial charge in [0, 0.05) is 6.04 Å². The molecule has 0 radical (unpaired) electrons. The number of hydrogen-bond donors (Lipinski definition) is 1. The van der Waals surface area contributed by atoms with Gasteiger partial charge < -0.3 is 10.2 Å². The Kier molecular flexibility index (Phi) is 15.1. The highest BCUT2D eigenvalue weighted by molar-refractivity contribution is 4.73. The van der Waals surface area contributed by atoms with E-state index in [-0.39, 0.29) is 0 Å². The highest BCUT2D eigenvalue weighted by Gasteiger charge is 2.13. The zero-order valence-electron chi connectivity index (χ0n) is 11.1. The van der Waals surface area contributed by atoms with E-state index in [4.69, 9.17) is 0 Å². The van der Waals surface area contributed by atoms with Gasteiger partial charge in [-0.15, -0.1) is 0 Å². The van der Waals surface area contributed by atoms with E-state index in [9.17, 15) is 0 Å². The first-order valence-electron chi connectivity index (χ1n) is 6.10. The van der Waals surface area contributed by atoms with Gasteiger partial charge in [-0.05, 0) is 40.0 Å². The number of hydrogen-bond acceptors (Lipinski definition) is 2. The van der Waals surface area contributed by atoms with Crippen LogP contribution in [0, 0.1) is 0 Å². The fraction of sp³-hybridized carbons (Fsp3) is 1.00. The van der Waals surface area contributed by atoms with Gasteiger partial charge in [0.25, 0.3) is 0 Å². The lowest BCUT2D eigenvalue weighted by Gasteiger charge is -2.28. The van der Waals surface area contributed by atoms with Gasteiger partial charge in [-0.3, -0.25) is 0 Å². The molecule has 0 amide bonds. The zero-order chi connectivity index (χ0) is 11.4. The van der Waals surface area contributed by atoms with E-state index in [0.717, 1.165) is 6.04 Å². The Morgan fingerprint density at radius 3 is 1.79 bits per heavy atom. The summed E-state index contributed by atoms with van der Waals surface area (Å²) in [6, 6.07) is 0.779. The molecule has 1 fully saturated rings. The Morgan fingerprint density at radius 2 is 1.50 bits per heavy atom. The van der Waals surface area contributed by atoms with Crippen molar-refractivity contribution in [1.82, 2.24) is 10.2 Å². The van der Waals surface area contributed by atoms with Crippen molar-refractivity contribution in [3.8, 4) is 0 Å². The van der Waals surface area contributed by atoms with Crippen LogP contribution in [0.5, 0.6) is 0 Å². The predicted molar refractivity (Wildman–Crippen MR) is 66.9 cm³/mol. The van der Waals surface area contributed by atoms with Crippen LogP contribution >= 0.6 is 0 Å². The van der Waals surface area contributed by atoms with E-state index >= 15 is 0 Å². The van der Waals surface area contributed by atoms with Crippen LogP contribution in [0.4, 0.5) is 0 Å². The van der Waals surface area contributed by atoms with Crippen molar-refractivity contribution in [2.45, 2.75) is 53.0 Å². The van der Waals surface area contributed by atoms with Crippen molar-refractivity contribution in [3.05, 3.63) is 0 Å². The maximum atomic E-state index is 3.30. The zero-order valence-corrected chi connectivity index (χ0v) is 11.1. The smallest absolute Gasteiger partial charge is 0.00884 e. The number of piperidine rings is 1. The van der Waals surface area contributed by atoms with E-state index in [1.165, 1.54) is 32.4 Å². The summed E-state index contributed by atoms with van der Waals surface area (Å²) in [5, 5.41) is 3.30. The lowest BCUT2D eigenvalue weighted by molar-refractivity contribution is 0.240. The summed E-state index contributed by atoms with van der Waals surface area (Å²) in [6.45, 7) is 10.8. The molecule has 2 heteroatoms. The highest BCUT2D eigenvalue weighted by Crippen LogP contribution is 2.06. The molecule has 1 rings (SSSR count). The average molecular weight is 202 g/mol. The van der Waals surface area contributed by atoms with Gasteiger partial charge in [0.2, 0.25) is 0 Å². The molecule has 0 aromatic rings. The molecule has 0 bridgehead atoms. The van der Waals surface area contributed by atoms with Crippen molar-refractivity contribution in [3.63, 3.8) is 0 Å². The average Bonchev–Trinajstić information content (AvgIpc) is 2.23. The monoisotopic (exact) mass is 202 g/mol. The van der Waals surface area contributed by atoms with E-state index in [2.05, 4.69) is 38.2 Å². The molecule has 0 spiro atoms. The molecule has 1 heterocycles. The van der Waals surface area contributed by atoms with E-state index < -0.39 is 0 Å². The molecule has 1 aliphatic rings. The van der Waals surface area contributed by atoms with E-state index in [0.29, 0.717) is 0 Å². The van der Waals surface area contributed by atoms with Crippen LogP contribution in [0.25, 0.3) is 0 Å². The predicted octanol–water partition coefficient (Wildman–Crippen LogP) is 2.74. The Bertz CT molecular complexity index is 86.3. The van der Waals surface area contributed by atoms with Crippen molar-refractivity contribution < 1.29 is 0 Å². The van der Waals surface area contributed by atoms with Crippen LogP contribution in [-0.4, -0.2) is 38.1 Å². The van der Waals surface area contributed by atoms with Gasteiger partial charge in [0.15, 0.2) is 0 Å². The maximum Gasteiger partial charge on any atom is 0.00884 e. The molecule has 1 saturated heterocycles. The number of likely N-dealkylation sites (tertiary alicyclic amines) is 1. The third-order valence-corrected chi connectivity index (χ3v) is 2.13. The molecule has 14 heavy (non-hydrogen) atoms. The van der Waals surface area contributed by atoms with E-state index in [1.54, 1.807) is 0 Å². The molecule has 2 nitrogen and oxygen atoms in total. The Labute approximate surface area is 91.1 Å². The molecule has 0 unspecified atom stereocenters. The van der Waals surface area contributed by atoms with Crippen LogP contribution in [0.2, 0.25) is 0 Å². The normalized spacial score (nSPS) is 17.6. The van der Waals surface area contributed by atoms with Crippen LogP contribution in [0.3, 0.4) is 0 Å². The molecule has 0 aliphatic carbocycles. The summed E-state index contributed by atoms with van der Waals surface area (Å²) in [7, 11) is 4.24. The quantitative estimate of drug-likeness (QED) is 0.703. The third-order valence-electron chi connectivity index (χ3n) is 2.13. The second-order valence-electron chi connectivity index (χ2n) is 3.57. The molecule has 1 N–H and O–H groups in total. The summed E-state index contributed by atoms with van der Waals surface area (Å²) in [6.07, 6.45) is 3.88. The second kappa shape index (κ2) is 12.9. The molecule has 88 valence electrons. The topological polar surface area (TPSA) is 15.3 Å². The Morgan fingerprint density at radius 1 is 1.14 bits per heavy atom. The minimum absolute atomic E-state index is 0.779. The van der Waals surface area contributed by atoms with Crippen LogP contribution in [0.15, 0.2) is 0 Å². The standard InChI is InChI=1S/C7H16N2.C3H8.C2H6/c1-8-7-3-5-9(2)6-4-7;1-3-2;1-2/h7-8H,3-6H2,1-2H3;3H2,1-2H3;1-2H3. The minimum Gasteiger partial charge on any atom is -0.317 e. The number of nitrogens with zero attached hydrogens (tertiary/aromatic N) is 1. The van der Waals surface area contributed by atoms with Gasteiger partial charge >= 0.3 is 0 Å². The van der Waals surface area contributed by atoms with Crippen LogP contribution < -0.4 is 5.32 Å². The number of nitrogens with one attached hydrogen (secondary N) is 1. The van der Waals surface area contributed by atoms with Gasteiger partial charge in [0.05, 0.1) is 0 Å². The fourth-order valence-corrected chi connectivity index (χ4v) is 1.30. The fourth-order valence-electron chi connectivity index (χ4n) is 1.30. The molecule has 0 saturated carbocycles. The number of rotatable bonds is 1. The lowest BCUT2D eigenvalue weighted by Crippen LogP contribution is -2.39. The van der Waals surface area contributed by atoms with E-state index in [1.807, 2.05) is 13.8 Å². The van der Waals surface area contributed by atoms with Crippen molar-refractivity contribution in [2.75, 3.05) is 27.2 Å². The molecule has 0 aromatic heterocycles. The van der Waals surface area contributed by atoms with Gasteiger partial charge in [-0.2, -0.15) is 0 Å². The Hall–Kier alpha value is -0.0800. The van der Waals surface area contributed by atoms with Crippen molar-refractivity contribution in [1.29, 1.82) is 0 Å². The summed E-state index contributed by atoms with van der Waals surface area (Å²) < 4.78 is 0. The summed E-state index contributed by atoms with van der Waals surface area (Å²) >= 11 is 0. The molecule has 0 aromatic carbocycles. The maximum absolute atomic E-state index is 3.30. The first-order valence-corrected chi connectivity index (χ1v) is 6.10.